The number of nitrogens with zero attached hydrogens (tertiary/aromatic N) is 1. The molecule has 1 aromatic heterocycles. The number of pyridine rings is 1. The lowest BCUT2D eigenvalue weighted by Crippen LogP contribution is -2.26. The zero-order valence-electron chi connectivity index (χ0n) is 10.5. The van der Waals surface area contributed by atoms with Crippen LogP contribution in [0.5, 0.6) is 0 Å². The molecule has 0 aromatic carbocycles. The smallest absolute Gasteiger partial charge is 0.337 e. The second kappa shape index (κ2) is 6.93. The molecule has 1 unspecified atom stereocenters. The van der Waals surface area contributed by atoms with Gasteiger partial charge in [0.15, 0.2) is 0 Å². The topological polar surface area (TPSA) is 91.7 Å². The van der Waals surface area contributed by atoms with Crippen molar-refractivity contribution < 1.29 is 19.7 Å². The number of hydrogen-bond acceptors (Lipinski definition) is 5. The highest BCUT2D eigenvalue weighted by molar-refractivity contribution is 5.89. The van der Waals surface area contributed by atoms with Crippen LogP contribution in [0.3, 0.4) is 0 Å². The summed E-state index contributed by atoms with van der Waals surface area (Å²) in [6.45, 7) is 2.13. The Morgan fingerprint density at radius 2 is 2.28 bits per heavy atom. The van der Waals surface area contributed by atoms with E-state index in [-0.39, 0.29) is 18.2 Å². The number of carbonyl (C=O) groups is 1. The van der Waals surface area contributed by atoms with Crippen molar-refractivity contribution in [3.05, 3.63) is 23.4 Å². The highest BCUT2D eigenvalue weighted by Gasteiger charge is 2.11. The number of aryl methyl sites for hydroxylation is 1. The van der Waals surface area contributed by atoms with E-state index < -0.39 is 5.97 Å². The zero-order valence-corrected chi connectivity index (χ0v) is 10.5. The van der Waals surface area contributed by atoms with Gasteiger partial charge in [0.1, 0.15) is 5.82 Å². The highest BCUT2D eigenvalue weighted by Crippen LogP contribution is 2.12. The first kappa shape index (κ1) is 14.4. The average Bonchev–Trinajstić information content (AvgIpc) is 2.34. The van der Waals surface area contributed by atoms with Gasteiger partial charge in [0.2, 0.25) is 0 Å². The van der Waals surface area contributed by atoms with E-state index in [0.717, 1.165) is 0 Å². The number of methoxy groups -OCH3 is 1. The minimum atomic E-state index is -0.996. The molecule has 1 rings (SSSR count). The number of carboxylic acids is 1. The first-order valence-corrected chi connectivity index (χ1v) is 5.65. The van der Waals surface area contributed by atoms with Crippen LogP contribution >= 0.6 is 0 Å². The number of aromatic nitrogens is 1. The number of nitrogens with one attached hydrogen (secondary N) is 1. The lowest BCUT2D eigenvalue weighted by molar-refractivity contribution is 0.0695. The molecule has 0 aliphatic rings. The maximum atomic E-state index is 10.8. The Labute approximate surface area is 106 Å². The Morgan fingerprint density at radius 3 is 2.78 bits per heavy atom. The van der Waals surface area contributed by atoms with Gasteiger partial charge < -0.3 is 20.3 Å². The number of carboxylic acid groups (broad SMARTS) is 1. The average molecular weight is 254 g/mol. The van der Waals surface area contributed by atoms with Gasteiger partial charge in [-0.3, -0.25) is 0 Å². The van der Waals surface area contributed by atoms with Crippen molar-refractivity contribution in [1.29, 1.82) is 0 Å². The molecule has 6 nitrogen and oxygen atoms in total. The van der Waals surface area contributed by atoms with Crippen molar-refractivity contribution in [3.8, 4) is 0 Å². The van der Waals surface area contributed by atoms with Crippen molar-refractivity contribution in [2.45, 2.75) is 19.4 Å². The fourth-order valence-electron chi connectivity index (χ4n) is 1.55. The first-order chi connectivity index (χ1) is 8.58. The zero-order chi connectivity index (χ0) is 13.5. The Balaban J connectivity index is 2.72. The summed E-state index contributed by atoms with van der Waals surface area (Å²) in [4.78, 5) is 15.0. The number of aliphatic hydroxyl groups excluding tert-OH is 1. The fraction of sp³-hybridized carbons (Fsp3) is 0.500. The van der Waals surface area contributed by atoms with Crippen molar-refractivity contribution in [2.24, 2.45) is 0 Å². The lowest BCUT2D eigenvalue weighted by atomic mass is 10.2. The van der Waals surface area contributed by atoms with Crippen molar-refractivity contribution in [2.75, 3.05) is 25.6 Å². The molecule has 0 amide bonds. The van der Waals surface area contributed by atoms with Crippen LogP contribution in [0.2, 0.25) is 0 Å². The second-order valence-corrected chi connectivity index (χ2v) is 3.94. The standard InChI is InChI=1S/C12H18N2O4/c1-8-10(12(16)17)3-4-11(13-8)14-9(7-15)5-6-18-2/h3-4,9,15H,5-7H2,1-2H3,(H,13,14)(H,16,17). The molecule has 0 saturated carbocycles. The number of aromatic carboxylic acids is 1. The number of hydrogen-bond donors (Lipinski definition) is 3. The van der Waals surface area contributed by atoms with E-state index in [1.165, 1.54) is 6.07 Å². The molecular formula is C12H18N2O4. The molecule has 0 saturated heterocycles. The Bertz CT molecular complexity index is 409. The molecule has 1 heterocycles. The minimum Gasteiger partial charge on any atom is -0.478 e. The Morgan fingerprint density at radius 1 is 1.56 bits per heavy atom. The third-order valence-electron chi connectivity index (χ3n) is 2.56. The summed E-state index contributed by atoms with van der Waals surface area (Å²) in [6, 6.07) is 2.93. The van der Waals surface area contributed by atoms with Gasteiger partial charge in [-0.25, -0.2) is 9.78 Å². The molecule has 0 aliphatic heterocycles. The number of rotatable bonds is 7. The second-order valence-electron chi connectivity index (χ2n) is 3.94. The SMILES string of the molecule is COCCC(CO)Nc1ccc(C(=O)O)c(C)n1. The summed E-state index contributed by atoms with van der Waals surface area (Å²) in [5.41, 5.74) is 0.619. The van der Waals surface area contributed by atoms with Crippen molar-refractivity contribution in [3.63, 3.8) is 0 Å². The molecule has 18 heavy (non-hydrogen) atoms. The summed E-state index contributed by atoms with van der Waals surface area (Å²) in [7, 11) is 1.60. The Kier molecular flexibility index (Phi) is 5.54. The monoisotopic (exact) mass is 254 g/mol. The molecule has 0 aliphatic carbocycles. The molecule has 3 N–H and O–H groups in total. The predicted molar refractivity (Wildman–Crippen MR) is 66.9 cm³/mol. The molecule has 100 valence electrons. The van der Waals surface area contributed by atoms with E-state index in [1.54, 1.807) is 20.1 Å². The number of ether oxygens (including phenoxy) is 1. The van der Waals surface area contributed by atoms with Crippen LogP contribution in [-0.4, -0.2) is 47.5 Å². The molecule has 0 fully saturated rings. The normalized spacial score (nSPS) is 12.2. The maximum absolute atomic E-state index is 10.8. The molecule has 0 radical (unpaired) electrons. The van der Waals surface area contributed by atoms with Crippen LogP contribution in [0.1, 0.15) is 22.5 Å². The predicted octanol–water partition coefficient (Wildman–Crippen LogP) is 0.898. The molecular weight excluding hydrogens is 236 g/mol. The van der Waals surface area contributed by atoms with E-state index in [4.69, 9.17) is 9.84 Å². The maximum Gasteiger partial charge on any atom is 0.337 e. The van der Waals surface area contributed by atoms with E-state index in [1.807, 2.05) is 0 Å². The van der Waals surface area contributed by atoms with Crippen LogP contribution in [0.15, 0.2) is 12.1 Å². The summed E-state index contributed by atoms with van der Waals surface area (Å²) in [5.74, 6) is -0.447. The summed E-state index contributed by atoms with van der Waals surface area (Å²) in [6.07, 6.45) is 0.647. The molecule has 0 bridgehead atoms. The Hall–Kier alpha value is -1.66. The van der Waals surface area contributed by atoms with Gasteiger partial charge >= 0.3 is 5.97 Å². The third kappa shape index (κ3) is 3.97. The molecule has 1 atom stereocenters. The van der Waals surface area contributed by atoms with Crippen LogP contribution < -0.4 is 5.32 Å². The van der Waals surface area contributed by atoms with Crippen LogP contribution in [0, 0.1) is 6.92 Å². The van der Waals surface area contributed by atoms with Gasteiger partial charge in [-0.15, -0.1) is 0 Å². The quantitative estimate of drug-likeness (QED) is 0.669. The van der Waals surface area contributed by atoms with Gasteiger partial charge in [-0.05, 0) is 25.5 Å². The van der Waals surface area contributed by atoms with E-state index in [2.05, 4.69) is 10.3 Å². The van der Waals surface area contributed by atoms with Gasteiger partial charge in [0.25, 0.3) is 0 Å². The van der Waals surface area contributed by atoms with Crippen LogP contribution in [0.25, 0.3) is 0 Å². The van der Waals surface area contributed by atoms with Crippen LogP contribution in [-0.2, 0) is 4.74 Å². The highest BCUT2D eigenvalue weighted by atomic mass is 16.5. The number of aliphatic hydroxyl groups is 1. The largest absolute Gasteiger partial charge is 0.478 e. The van der Waals surface area contributed by atoms with Gasteiger partial charge in [0, 0.05) is 13.7 Å². The van der Waals surface area contributed by atoms with Gasteiger partial charge in [-0.2, -0.15) is 0 Å². The summed E-state index contributed by atoms with van der Waals surface area (Å²) < 4.78 is 4.94. The summed E-state index contributed by atoms with van der Waals surface area (Å²) in [5, 5.41) is 21.1. The summed E-state index contributed by atoms with van der Waals surface area (Å²) >= 11 is 0. The first-order valence-electron chi connectivity index (χ1n) is 5.65. The van der Waals surface area contributed by atoms with E-state index >= 15 is 0 Å². The molecule has 0 spiro atoms. The van der Waals surface area contributed by atoms with E-state index in [9.17, 15) is 9.90 Å². The number of anilines is 1. The van der Waals surface area contributed by atoms with E-state index in [0.29, 0.717) is 24.5 Å². The molecule has 6 heteroatoms. The van der Waals surface area contributed by atoms with Gasteiger partial charge in [-0.1, -0.05) is 0 Å². The van der Waals surface area contributed by atoms with Crippen LogP contribution in [0.4, 0.5) is 5.82 Å². The van der Waals surface area contributed by atoms with Gasteiger partial charge in [0.05, 0.1) is 23.9 Å². The minimum absolute atomic E-state index is 0.0369. The van der Waals surface area contributed by atoms with Crippen molar-refractivity contribution in [1.82, 2.24) is 4.98 Å². The fourth-order valence-corrected chi connectivity index (χ4v) is 1.55. The molecule has 1 aromatic rings. The van der Waals surface area contributed by atoms with Crippen molar-refractivity contribution >= 4 is 11.8 Å². The third-order valence-corrected chi connectivity index (χ3v) is 2.56. The lowest BCUT2D eigenvalue weighted by Gasteiger charge is -2.17.